The van der Waals surface area contributed by atoms with E-state index in [1.165, 1.54) is 0 Å². The van der Waals surface area contributed by atoms with Gasteiger partial charge in [-0.25, -0.2) is 0 Å². The van der Waals surface area contributed by atoms with E-state index in [1.54, 1.807) is 29.6 Å². The van der Waals surface area contributed by atoms with Gasteiger partial charge in [-0.3, -0.25) is 9.59 Å². The van der Waals surface area contributed by atoms with Crippen LogP contribution in [0.4, 0.5) is 13.2 Å². The predicted molar refractivity (Wildman–Crippen MR) is 77.0 cm³/mol. The number of rotatable bonds is 4. The molecule has 0 saturated heterocycles. The minimum absolute atomic E-state index is 0.00929. The second-order valence-corrected chi connectivity index (χ2v) is 5.15. The van der Waals surface area contributed by atoms with E-state index in [9.17, 15) is 22.8 Å². The van der Waals surface area contributed by atoms with Gasteiger partial charge in [0.15, 0.2) is 0 Å². The molecule has 9 heteroatoms. The number of amides is 2. The molecule has 0 saturated carbocycles. The smallest absolute Gasteiger partial charge is 0.405 e. The predicted octanol–water partition coefficient (Wildman–Crippen LogP) is 1.91. The molecule has 1 heterocycles. The summed E-state index contributed by atoms with van der Waals surface area (Å²) in [5, 5.41) is 4.36. The number of nitrogens with one attached hydrogen (secondary N) is 2. The first kappa shape index (κ1) is 17.1. The van der Waals surface area contributed by atoms with E-state index in [4.69, 9.17) is 16.3 Å². The third-order valence-electron chi connectivity index (χ3n) is 2.87. The molecule has 1 aliphatic heterocycles. The Bertz CT molecular complexity index is 659. The second kappa shape index (κ2) is 6.91. The molecule has 2 amide bonds. The van der Waals surface area contributed by atoms with Crippen LogP contribution in [0.1, 0.15) is 5.56 Å². The fourth-order valence-electron chi connectivity index (χ4n) is 1.81. The number of fused-ring (bicyclic) bond motifs is 1. The Balaban J connectivity index is 1.90. The molecular weight excluding hydrogens is 337 g/mol. The Labute approximate surface area is 134 Å². The number of halogens is 4. The van der Waals surface area contributed by atoms with Crippen molar-refractivity contribution in [3.63, 3.8) is 0 Å². The Morgan fingerprint density at radius 1 is 1.26 bits per heavy atom. The van der Waals surface area contributed by atoms with Crippen LogP contribution < -0.4 is 15.4 Å². The molecule has 1 aromatic carbocycles. The van der Waals surface area contributed by atoms with Crippen LogP contribution in [0, 0.1) is 0 Å². The number of alkyl halides is 3. The molecule has 0 aromatic heterocycles. The van der Waals surface area contributed by atoms with Crippen molar-refractivity contribution < 1.29 is 27.5 Å². The van der Waals surface area contributed by atoms with Crippen LogP contribution in [0.25, 0.3) is 6.08 Å². The summed E-state index contributed by atoms with van der Waals surface area (Å²) in [5.74, 6) is -0.969. The van der Waals surface area contributed by atoms with Crippen molar-refractivity contribution in [1.29, 1.82) is 0 Å². The molecule has 0 radical (unpaired) electrons. The minimum atomic E-state index is -4.50. The summed E-state index contributed by atoms with van der Waals surface area (Å²) in [6, 6.07) is 4.91. The molecule has 1 aromatic rings. The van der Waals surface area contributed by atoms with E-state index in [1.807, 2.05) is 0 Å². The standard InChI is InChI=1S/C14H12ClF3N2O3/c15-10-1-2-11-8(4-10)3-9(6-23-11)13(22)19-5-12(21)20-7-14(16,17)18/h1-4H,5-7H2,(H,19,22)(H,20,21). The normalized spacial score (nSPS) is 13.5. The van der Waals surface area contributed by atoms with Crippen LogP contribution in [0.5, 0.6) is 5.75 Å². The van der Waals surface area contributed by atoms with Crippen LogP contribution in [-0.4, -0.2) is 37.7 Å². The van der Waals surface area contributed by atoms with Crippen LogP contribution in [0.15, 0.2) is 23.8 Å². The van der Waals surface area contributed by atoms with E-state index >= 15 is 0 Å². The number of hydrogen-bond donors (Lipinski definition) is 2. The SMILES string of the molecule is O=C(CNC(=O)C1=Cc2cc(Cl)ccc2OC1)NCC(F)(F)F. The lowest BCUT2D eigenvalue weighted by atomic mass is 10.1. The van der Waals surface area contributed by atoms with E-state index in [0.29, 0.717) is 16.3 Å². The van der Waals surface area contributed by atoms with Gasteiger partial charge in [0, 0.05) is 10.6 Å². The molecule has 0 aliphatic carbocycles. The molecule has 1 aliphatic rings. The molecule has 0 spiro atoms. The lowest BCUT2D eigenvalue weighted by Crippen LogP contribution is -2.41. The molecule has 0 bridgehead atoms. The highest BCUT2D eigenvalue weighted by Gasteiger charge is 2.27. The Hall–Kier alpha value is -2.22. The molecule has 23 heavy (non-hydrogen) atoms. The summed E-state index contributed by atoms with van der Waals surface area (Å²) in [5.41, 5.74) is 0.846. The van der Waals surface area contributed by atoms with Gasteiger partial charge >= 0.3 is 6.18 Å². The Morgan fingerprint density at radius 2 is 2.00 bits per heavy atom. The van der Waals surface area contributed by atoms with Crippen molar-refractivity contribution in [3.05, 3.63) is 34.4 Å². The highest BCUT2D eigenvalue weighted by atomic mass is 35.5. The van der Waals surface area contributed by atoms with Crippen LogP contribution in [0.3, 0.4) is 0 Å². The number of carbonyl (C=O) groups is 2. The van der Waals surface area contributed by atoms with E-state index in [0.717, 1.165) is 0 Å². The van der Waals surface area contributed by atoms with Gasteiger partial charge in [0.1, 0.15) is 18.9 Å². The summed E-state index contributed by atoms with van der Waals surface area (Å²) < 4.78 is 41.2. The van der Waals surface area contributed by atoms with Gasteiger partial charge in [-0.05, 0) is 24.3 Å². The van der Waals surface area contributed by atoms with Crippen LogP contribution in [-0.2, 0) is 9.59 Å². The monoisotopic (exact) mass is 348 g/mol. The zero-order chi connectivity index (χ0) is 17.0. The largest absolute Gasteiger partial charge is 0.488 e. The summed E-state index contributed by atoms with van der Waals surface area (Å²) in [6.45, 7) is -2.02. The molecule has 124 valence electrons. The number of benzene rings is 1. The van der Waals surface area contributed by atoms with Crippen LogP contribution >= 0.6 is 11.6 Å². The first-order valence-corrected chi connectivity index (χ1v) is 6.87. The molecule has 0 fully saturated rings. The number of carbonyl (C=O) groups excluding carboxylic acids is 2. The third-order valence-corrected chi connectivity index (χ3v) is 3.11. The van der Waals surface area contributed by atoms with E-state index in [2.05, 4.69) is 5.32 Å². The molecule has 5 nitrogen and oxygen atoms in total. The first-order valence-electron chi connectivity index (χ1n) is 6.49. The average Bonchev–Trinajstić information content (AvgIpc) is 2.49. The molecule has 2 N–H and O–H groups in total. The number of hydrogen-bond acceptors (Lipinski definition) is 3. The maximum atomic E-state index is 11.9. The van der Waals surface area contributed by atoms with E-state index < -0.39 is 31.1 Å². The Morgan fingerprint density at radius 3 is 2.70 bits per heavy atom. The van der Waals surface area contributed by atoms with Gasteiger partial charge in [-0.15, -0.1) is 0 Å². The van der Waals surface area contributed by atoms with Gasteiger partial charge in [0.05, 0.1) is 12.1 Å². The highest BCUT2D eigenvalue weighted by molar-refractivity contribution is 6.30. The summed E-state index contributed by atoms with van der Waals surface area (Å²) in [4.78, 5) is 23.1. The second-order valence-electron chi connectivity index (χ2n) is 4.71. The number of ether oxygens (including phenoxy) is 1. The quantitative estimate of drug-likeness (QED) is 0.873. The maximum Gasteiger partial charge on any atom is 0.405 e. The van der Waals surface area contributed by atoms with Gasteiger partial charge in [0.2, 0.25) is 5.91 Å². The van der Waals surface area contributed by atoms with Crippen molar-refractivity contribution in [2.24, 2.45) is 0 Å². The molecule has 0 unspecified atom stereocenters. The molecule has 2 rings (SSSR count). The highest BCUT2D eigenvalue weighted by Crippen LogP contribution is 2.28. The summed E-state index contributed by atoms with van der Waals surface area (Å²) in [6.07, 6.45) is -2.95. The lowest BCUT2D eigenvalue weighted by Gasteiger charge is -2.17. The fraction of sp³-hybridized carbons (Fsp3) is 0.286. The zero-order valence-corrected chi connectivity index (χ0v) is 12.4. The third kappa shape index (κ3) is 5.17. The van der Waals surface area contributed by atoms with Gasteiger partial charge in [-0.1, -0.05) is 11.6 Å². The topological polar surface area (TPSA) is 67.4 Å². The first-order chi connectivity index (χ1) is 10.7. The summed E-state index contributed by atoms with van der Waals surface area (Å²) >= 11 is 5.85. The fourth-order valence-corrected chi connectivity index (χ4v) is 2.00. The van der Waals surface area contributed by atoms with Crippen molar-refractivity contribution in [1.82, 2.24) is 10.6 Å². The van der Waals surface area contributed by atoms with Gasteiger partial charge in [0.25, 0.3) is 5.91 Å². The Kier molecular flexibility index (Phi) is 5.15. The molecular formula is C14H12ClF3N2O3. The van der Waals surface area contributed by atoms with Crippen molar-refractivity contribution in [2.45, 2.75) is 6.18 Å². The molecule has 0 atom stereocenters. The summed E-state index contributed by atoms with van der Waals surface area (Å²) in [7, 11) is 0. The van der Waals surface area contributed by atoms with Crippen LogP contribution in [0.2, 0.25) is 5.02 Å². The van der Waals surface area contributed by atoms with Gasteiger partial charge < -0.3 is 15.4 Å². The van der Waals surface area contributed by atoms with Crippen molar-refractivity contribution in [3.8, 4) is 5.75 Å². The van der Waals surface area contributed by atoms with E-state index in [-0.39, 0.29) is 12.2 Å². The van der Waals surface area contributed by atoms with Crippen molar-refractivity contribution in [2.75, 3.05) is 19.7 Å². The zero-order valence-electron chi connectivity index (χ0n) is 11.7. The van der Waals surface area contributed by atoms with Gasteiger partial charge in [-0.2, -0.15) is 13.2 Å². The van der Waals surface area contributed by atoms with Crippen molar-refractivity contribution >= 4 is 29.5 Å². The average molecular weight is 349 g/mol. The minimum Gasteiger partial charge on any atom is -0.488 e. The lowest BCUT2D eigenvalue weighted by molar-refractivity contribution is -0.138. The maximum absolute atomic E-state index is 11.9.